The number of anilines is 1. The molecule has 1 N–H and O–H groups in total. The molecule has 2 atom stereocenters. The standard InChI is InChI=1S/C18H23ClN2O3/c1-12-5-6-14(10-15(12)19)21-17(23)11-16(18(21)24)20-8-3-2-4-13(20)7-9-22/h5-6,10,13,16,22H,2-4,7-9,11H2,1H3. The van der Waals surface area contributed by atoms with E-state index in [0.29, 0.717) is 17.1 Å². The van der Waals surface area contributed by atoms with Gasteiger partial charge in [-0.1, -0.05) is 24.1 Å². The highest BCUT2D eigenvalue weighted by Crippen LogP contribution is 2.32. The summed E-state index contributed by atoms with van der Waals surface area (Å²) in [6.07, 6.45) is 3.94. The summed E-state index contributed by atoms with van der Waals surface area (Å²) < 4.78 is 0. The number of rotatable bonds is 4. The number of halogens is 1. The van der Waals surface area contributed by atoms with Gasteiger partial charge in [0.05, 0.1) is 18.2 Å². The van der Waals surface area contributed by atoms with Crippen LogP contribution in [0.3, 0.4) is 0 Å². The van der Waals surface area contributed by atoms with Gasteiger partial charge in [-0.15, -0.1) is 0 Å². The van der Waals surface area contributed by atoms with Gasteiger partial charge in [0.1, 0.15) is 0 Å². The number of hydrogen-bond donors (Lipinski definition) is 1. The third kappa shape index (κ3) is 3.21. The average molecular weight is 351 g/mol. The van der Waals surface area contributed by atoms with E-state index in [4.69, 9.17) is 11.6 Å². The molecule has 24 heavy (non-hydrogen) atoms. The highest BCUT2D eigenvalue weighted by Gasteiger charge is 2.44. The predicted molar refractivity (Wildman–Crippen MR) is 93.1 cm³/mol. The Balaban J connectivity index is 1.84. The number of imide groups is 1. The van der Waals surface area contributed by atoms with Gasteiger partial charge < -0.3 is 5.11 Å². The van der Waals surface area contributed by atoms with Gasteiger partial charge in [0.2, 0.25) is 5.91 Å². The molecule has 1 aromatic carbocycles. The van der Waals surface area contributed by atoms with Gasteiger partial charge in [0.15, 0.2) is 0 Å². The topological polar surface area (TPSA) is 60.9 Å². The molecule has 0 aromatic heterocycles. The molecule has 2 saturated heterocycles. The second-order valence-corrected chi connectivity index (χ2v) is 7.03. The smallest absolute Gasteiger partial charge is 0.251 e. The number of piperidine rings is 1. The van der Waals surface area contributed by atoms with E-state index < -0.39 is 6.04 Å². The Morgan fingerprint density at radius 3 is 2.79 bits per heavy atom. The van der Waals surface area contributed by atoms with Crippen molar-refractivity contribution in [3.63, 3.8) is 0 Å². The molecule has 0 spiro atoms. The van der Waals surface area contributed by atoms with E-state index in [9.17, 15) is 14.7 Å². The zero-order valence-electron chi connectivity index (χ0n) is 13.9. The van der Waals surface area contributed by atoms with Crippen molar-refractivity contribution in [2.45, 2.75) is 51.1 Å². The number of aryl methyl sites for hydroxylation is 1. The summed E-state index contributed by atoms with van der Waals surface area (Å²) in [6, 6.07) is 5.01. The van der Waals surface area contributed by atoms with Crippen molar-refractivity contribution in [3.8, 4) is 0 Å². The Labute approximate surface area is 147 Å². The lowest BCUT2D eigenvalue weighted by Gasteiger charge is -2.38. The van der Waals surface area contributed by atoms with E-state index in [1.165, 1.54) is 4.90 Å². The molecule has 130 valence electrons. The minimum Gasteiger partial charge on any atom is -0.396 e. The first-order chi connectivity index (χ1) is 11.5. The SMILES string of the molecule is Cc1ccc(N2C(=O)CC(N3CCCCC3CCO)C2=O)cc1Cl. The number of likely N-dealkylation sites (tertiary alicyclic amines) is 1. The van der Waals surface area contributed by atoms with Crippen molar-refractivity contribution in [2.24, 2.45) is 0 Å². The number of nitrogens with zero attached hydrogens (tertiary/aromatic N) is 2. The number of benzene rings is 1. The average Bonchev–Trinajstić information content (AvgIpc) is 2.86. The fourth-order valence-electron chi connectivity index (χ4n) is 3.76. The lowest BCUT2D eigenvalue weighted by atomic mass is 9.97. The summed E-state index contributed by atoms with van der Waals surface area (Å²) in [5.74, 6) is -0.358. The molecule has 0 bridgehead atoms. The molecule has 6 heteroatoms. The largest absolute Gasteiger partial charge is 0.396 e. The summed E-state index contributed by atoms with van der Waals surface area (Å²) in [6.45, 7) is 2.79. The summed E-state index contributed by atoms with van der Waals surface area (Å²) in [5, 5.41) is 9.83. The second kappa shape index (κ2) is 7.21. The van der Waals surface area contributed by atoms with Crippen molar-refractivity contribution in [1.82, 2.24) is 4.90 Å². The van der Waals surface area contributed by atoms with Crippen LogP contribution in [0.2, 0.25) is 5.02 Å². The fraction of sp³-hybridized carbons (Fsp3) is 0.556. The number of aliphatic hydroxyl groups is 1. The van der Waals surface area contributed by atoms with Gasteiger partial charge >= 0.3 is 0 Å². The first-order valence-electron chi connectivity index (χ1n) is 8.52. The Morgan fingerprint density at radius 2 is 2.08 bits per heavy atom. The van der Waals surface area contributed by atoms with Gasteiger partial charge in [0, 0.05) is 17.7 Å². The maximum atomic E-state index is 12.9. The maximum absolute atomic E-state index is 12.9. The Kier molecular flexibility index (Phi) is 5.23. The quantitative estimate of drug-likeness (QED) is 0.848. The van der Waals surface area contributed by atoms with Crippen molar-refractivity contribution in [1.29, 1.82) is 0 Å². The monoisotopic (exact) mass is 350 g/mol. The summed E-state index contributed by atoms with van der Waals surface area (Å²) in [4.78, 5) is 28.8. The molecule has 5 nitrogen and oxygen atoms in total. The Bertz CT molecular complexity index is 647. The predicted octanol–water partition coefficient (Wildman–Crippen LogP) is 2.52. The summed E-state index contributed by atoms with van der Waals surface area (Å²) >= 11 is 6.15. The van der Waals surface area contributed by atoms with E-state index in [0.717, 1.165) is 31.4 Å². The number of carbonyl (C=O) groups is 2. The first kappa shape index (κ1) is 17.4. The molecule has 0 radical (unpaired) electrons. The Morgan fingerprint density at radius 1 is 1.29 bits per heavy atom. The third-order valence-corrected chi connectivity index (χ3v) is 5.48. The maximum Gasteiger partial charge on any atom is 0.251 e. The third-order valence-electron chi connectivity index (χ3n) is 5.07. The molecule has 2 amide bonds. The molecule has 2 heterocycles. The van der Waals surface area contributed by atoms with E-state index in [-0.39, 0.29) is 30.9 Å². The molecular weight excluding hydrogens is 328 g/mol. The van der Waals surface area contributed by atoms with Crippen LogP contribution in [-0.2, 0) is 9.59 Å². The van der Waals surface area contributed by atoms with Crippen molar-refractivity contribution in [3.05, 3.63) is 28.8 Å². The van der Waals surface area contributed by atoms with Crippen LogP contribution in [0.25, 0.3) is 0 Å². The zero-order chi connectivity index (χ0) is 17.3. The van der Waals surface area contributed by atoms with Crippen LogP contribution in [0, 0.1) is 6.92 Å². The van der Waals surface area contributed by atoms with Crippen molar-refractivity contribution < 1.29 is 14.7 Å². The van der Waals surface area contributed by atoms with Gasteiger partial charge in [0.25, 0.3) is 5.91 Å². The Hall–Kier alpha value is -1.43. The normalized spacial score (nSPS) is 25.5. The number of aliphatic hydroxyl groups excluding tert-OH is 1. The van der Waals surface area contributed by atoms with E-state index in [2.05, 4.69) is 4.90 Å². The van der Waals surface area contributed by atoms with Crippen LogP contribution in [-0.4, -0.2) is 47.1 Å². The number of carbonyl (C=O) groups excluding carboxylic acids is 2. The molecule has 2 unspecified atom stereocenters. The van der Waals surface area contributed by atoms with Crippen molar-refractivity contribution >= 4 is 29.1 Å². The highest BCUT2D eigenvalue weighted by molar-refractivity contribution is 6.32. The lowest BCUT2D eigenvalue weighted by molar-refractivity contribution is -0.123. The van der Waals surface area contributed by atoms with Crippen LogP contribution in [0.5, 0.6) is 0 Å². The van der Waals surface area contributed by atoms with E-state index in [1.807, 2.05) is 13.0 Å². The number of hydrogen-bond acceptors (Lipinski definition) is 4. The molecule has 2 aliphatic heterocycles. The lowest BCUT2D eigenvalue weighted by Crippen LogP contribution is -2.50. The van der Waals surface area contributed by atoms with E-state index in [1.54, 1.807) is 12.1 Å². The van der Waals surface area contributed by atoms with Crippen molar-refractivity contribution in [2.75, 3.05) is 18.1 Å². The molecule has 1 aromatic rings. The van der Waals surface area contributed by atoms with Crippen LogP contribution in [0.4, 0.5) is 5.69 Å². The van der Waals surface area contributed by atoms with Crippen LogP contribution < -0.4 is 4.90 Å². The van der Waals surface area contributed by atoms with Crippen LogP contribution >= 0.6 is 11.6 Å². The molecular formula is C18H23ClN2O3. The molecule has 3 rings (SSSR count). The highest BCUT2D eigenvalue weighted by atomic mass is 35.5. The van der Waals surface area contributed by atoms with Gasteiger partial charge in [-0.05, 0) is 50.4 Å². The van der Waals surface area contributed by atoms with Gasteiger partial charge in [-0.25, -0.2) is 4.90 Å². The molecule has 2 aliphatic rings. The summed E-state index contributed by atoms with van der Waals surface area (Å²) in [7, 11) is 0. The van der Waals surface area contributed by atoms with E-state index >= 15 is 0 Å². The molecule has 2 fully saturated rings. The molecule has 0 saturated carbocycles. The molecule has 0 aliphatic carbocycles. The fourth-order valence-corrected chi connectivity index (χ4v) is 3.93. The van der Waals surface area contributed by atoms with Gasteiger partial charge in [-0.2, -0.15) is 0 Å². The van der Waals surface area contributed by atoms with Gasteiger partial charge in [-0.3, -0.25) is 14.5 Å². The number of amides is 2. The first-order valence-corrected chi connectivity index (χ1v) is 8.90. The minimum atomic E-state index is -0.422. The van der Waals surface area contributed by atoms with Crippen LogP contribution in [0.1, 0.15) is 37.7 Å². The summed E-state index contributed by atoms with van der Waals surface area (Å²) in [5.41, 5.74) is 1.45. The second-order valence-electron chi connectivity index (χ2n) is 6.62. The zero-order valence-corrected chi connectivity index (χ0v) is 14.6. The van der Waals surface area contributed by atoms with Crippen LogP contribution in [0.15, 0.2) is 18.2 Å². The minimum absolute atomic E-state index is 0.104.